The Morgan fingerprint density at radius 3 is 2.94 bits per heavy atom. The number of aryl methyl sites for hydroxylation is 1. The van der Waals surface area contributed by atoms with Crippen molar-refractivity contribution in [3.8, 4) is 0 Å². The number of amides is 1. The predicted octanol–water partition coefficient (Wildman–Crippen LogP) is 2.97. The Labute approximate surface area is 120 Å². The molecule has 0 bridgehead atoms. The molecule has 0 saturated heterocycles. The summed E-state index contributed by atoms with van der Waals surface area (Å²) in [7, 11) is 0. The van der Waals surface area contributed by atoms with Gasteiger partial charge in [0.1, 0.15) is 0 Å². The van der Waals surface area contributed by atoms with Gasteiger partial charge in [0.05, 0.1) is 0 Å². The molecular formula is C13H19BrN2OS. The summed E-state index contributed by atoms with van der Waals surface area (Å²) in [4.78, 5) is 14.1. The van der Waals surface area contributed by atoms with Gasteiger partial charge in [-0.2, -0.15) is 0 Å². The van der Waals surface area contributed by atoms with Crippen molar-refractivity contribution in [1.29, 1.82) is 0 Å². The third kappa shape index (κ3) is 4.71. The lowest BCUT2D eigenvalue weighted by Crippen LogP contribution is -2.26. The first-order valence-electron chi connectivity index (χ1n) is 6.40. The third-order valence-corrected chi connectivity index (χ3v) is 5.04. The first-order valence-corrected chi connectivity index (χ1v) is 8.01. The van der Waals surface area contributed by atoms with Gasteiger partial charge < -0.3 is 10.6 Å². The van der Waals surface area contributed by atoms with E-state index in [2.05, 4.69) is 39.6 Å². The molecule has 0 atom stereocenters. The quantitative estimate of drug-likeness (QED) is 0.754. The number of hydrogen-bond donors (Lipinski definition) is 2. The van der Waals surface area contributed by atoms with Crippen molar-refractivity contribution in [2.75, 3.05) is 6.54 Å². The summed E-state index contributed by atoms with van der Waals surface area (Å²) in [5, 5.41) is 6.38. The van der Waals surface area contributed by atoms with Crippen LogP contribution in [-0.4, -0.2) is 18.5 Å². The van der Waals surface area contributed by atoms with Gasteiger partial charge in [-0.3, -0.25) is 4.79 Å². The lowest BCUT2D eigenvalue weighted by atomic mass is 10.3. The van der Waals surface area contributed by atoms with Crippen molar-refractivity contribution in [2.24, 2.45) is 0 Å². The molecule has 18 heavy (non-hydrogen) atoms. The van der Waals surface area contributed by atoms with Crippen LogP contribution >= 0.6 is 27.3 Å². The predicted molar refractivity (Wildman–Crippen MR) is 78.9 cm³/mol. The van der Waals surface area contributed by atoms with E-state index in [4.69, 9.17) is 0 Å². The lowest BCUT2D eigenvalue weighted by molar-refractivity contribution is -0.121. The van der Waals surface area contributed by atoms with E-state index in [1.165, 1.54) is 14.2 Å². The first-order chi connectivity index (χ1) is 8.65. The smallest absolute Gasteiger partial charge is 0.220 e. The second kappa shape index (κ2) is 6.68. The monoisotopic (exact) mass is 330 g/mol. The number of carbonyl (C=O) groups is 1. The van der Waals surface area contributed by atoms with Gasteiger partial charge in [-0.25, -0.2) is 0 Å². The highest BCUT2D eigenvalue weighted by molar-refractivity contribution is 9.10. The molecule has 1 heterocycles. The van der Waals surface area contributed by atoms with Crippen LogP contribution in [0, 0.1) is 6.92 Å². The standard InChI is InChI=1S/C13H19BrN2OS/c1-9-12(14)7-11(18-9)8-15-6-2-3-13(17)16-10-4-5-10/h7,10,15H,2-6,8H2,1H3,(H,16,17). The van der Waals surface area contributed by atoms with Crippen molar-refractivity contribution in [2.45, 2.75) is 45.2 Å². The van der Waals surface area contributed by atoms with Crippen molar-refractivity contribution >= 4 is 33.2 Å². The van der Waals surface area contributed by atoms with Gasteiger partial charge in [0.2, 0.25) is 5.91 Å². The number of thiophene rings is 1. The van der Waals surface area contributed by atoms with Crippen molar-refractivity contribution < 1.29 is 4.79 Å². The second-order valence-electron chi connectivity index (χ2n) is 4.74. The SMILES string of the molecule is Cc1sc(CNCCCC(=O)NC2CC2)cc1Br. The lowest BCUT2D eigenvalue weighted by Gasteiger charge is -2.04. The molecule has 1 aliphatic carbocycles. The average Bonchev–Trinajstić information content (AvgIpc) is 3.06. The van der Waals surface area contributed by atoms with Crippen LogP contribution in [0.3, 0.4) is 0 Å². The molecule has 1 aliphatic rings. The molecule has 0 aromatic carbocycles. The molecule has 1 aromatic rings. The summed E-state index contributed by atoms with van der Waals surface area (Å²) in [6.07, 6.45) is 3.87. The molecule has 0 radical (unpaired) electrons. The molecule has 100 valence electrons. The van der Waals surface area contributed by atoms with Crippen molar-refractivity contribution in [3.05, 3.63) is 20.3 Å². The molecule has 5 heteroatoms. The number of hydrogen-bond acceptors (Lipinski definition) is 3. The summed E-state index contributed by atoms with van der Waals surface area (Å²) in [6.45, 7) is 3.90. The van der Waals surface area contributed by atoms with Crippen LogP contribution in [0.15, 0.2) is 10.5 Å². The van der Waals surface area contributed by atoms with E-state index in [9.17, 15) is 4.79 Å². The van der Waals surface area contributed by atoms with E-state index >= 15 is 0 Å². The third-order valence-electron chi connectivity index (χ3n) is 2.91. The van der Waals surface area contributed by atoms with Gasteiger partial charge in [-0.15, -0.1) is 11.3 Å². The molecule has 0 unspecified atom stereocenters. The Morgan fingerprint density at radius 2 is 2.33 bits per heavy atom. The number of rotatable bonds is 7. The van der Waals surface area contributed by atoms with Gasteiger partial charge in [-0.1, -0.05) is 0 Å². The fourth-order valence-corrected chi connectivity index (χ4v) is 3.29. The van der Waals surface area contributed by atoms with Gasteiger partial charge in [0.15, 0.2) is 0 Å². The molecule has 1 aromatic heterocycles. The molecule has 0 aliphatic heterocycles. The van der Waals surface area contributed by atoms with Gasteiger partial charge >= 0.3 is 0 Å². The zero-order valence-corrected chi connectivity index (χ0v) is 13.0. The Morgan fingerprint density at radius 1 is 1.56 bits per heavy atom. The topological polar surface area (TPSA) is 41.1 Å². The Balaban J connectivity index is 1.54. The maximum absolute atomic E-state index is 11.4. The van der Waals surface area contributed by atoms with Crippen LogP contribution in [0.1, 0.15) is 35.4 Å². The Kier molecular flexibility index (Phi) is 5.21. The fraction of sp³-hybridized carbons (Fsp3) is 0.615. The highest BCUT2D eigenvalue weighted by atomic mass is 79.9. The maximum Gasteiger partial charge on any atom is 0.220 e. The summed E-state index contributed by atoms with van der Waals surface area (Å²) in [6, 6.07) is 2.64. The second-order valence-corrected chi connectivity index (χ2v) is 6.93. The minimum atomic E-state index is 0.203. The molecule has 3 nitrogen and oxygen atoms in total. The summed E-state index contributed by atoms with van der Waals surface area (Å²) in [5.41, 5.74) is 0. The van der Waals surface area contributed by atoms with Gasteiger partial charge in [-0.05, 0) is 54.7 Å². The van der Waals surface area contributed by atoms with Crippen LogP contribution in [0.2, 0.25) is 0 Å². The summed E-state index contributed by atoms with van der Waals surface area (Å²) >= 11 is 5.32. The molecule has 2 N–H and O–H groups in total. The van der Waals surface area contributed by atoms with Gasteiger partial charge in [0.25, 0.3) is 0 Å². The van der Waals surface area contributed by atoms with Crippen molar-refractivity contribution in [1.82, 2.24) is 10.6 Å². The molecule has 1 saturated carbocycles. The van der Waals surface area contributed by atoms with Crippen molar-refractivity contribution in [3.63, 3.8) is 0 Å². The fourth-order valence-electron chi connectivity index (χ4n) is 1.72. The largest absolute Gasteiger partial charge is 0.353 e. The molecule has 0 spiro atoms. The average molecular weight is 331 g/mol. The van der Waals surface area contributed by atoms with Crippen LogP contribution in [-0.2, 0) is 11.3 Å². The van der Waals surface area contributed by atoms with Crippen LogP contribution in [0.5, 0.6) is 0 Å². The highest BCUT2D eigenvalue weighted by Gasteiger charge is 2.22. The van der Waals surface area contributed by atoms with Crippen LogP contribution in [0.25, 0.3) is 0 Å². The van der Waals surface area contributed by atoms with Gasteiger partial charge in [0, 0.05) is 33.2 Å². The van der Waals surface area contributed by atoms with E-state index in [1.54, 1.807) is 11.3 Å². The molecular weight excluding hydrogens is 312 g/mol. The summed E-state index contributed by atoms with van der Waals surface area (Å²) in [5.74, 6) is 0.203. The molecule has 1 fully saturated rings. The first kappa shape index (κ1) is 14.0. The number of nitrogens with one attached hydrogen (secondary N) is 2. The van der Waals surface area contributed by atoms with E-state index in [-0.39, 0.29) is 5.91 Å². The zero-order valence-electron chi connectivity index (χ0n) is 10.6. The minimum absolute atomic E-state index is 0.203. The zero-order chi connectivity index (χ0) is 13.0. The van der Waals surface area contributed by atoms with E-state index in [0.717, 1.165) is 32.4 Å². The minimum Gasteiger partial charge on any atom is -0.353 e. The molecule has 1 amide bonds. The highest BCUT2D eigenvalue weighted by Crippen LogP contribution is 2.26. The number of carbonyl (C=O) groups excluding carboxylic acids is 1. The van der Waals surface area contributed by atoms with Crippen LogP contribution in [0.4, 0.5) is 0 Å². The normalized spacial score (nSPS) is 14.8. The summed E-state index contributed by atoms with van der Waals surface area (Å²) < 4.78 is 1.19. The van der Waals surface area contributed by atoms with E-state index in [0.29, 0.717) is 12.5 Å². The van der Waals surface area contributed by atoms with Crippen LogP contribution < -0.4 is 10.6 Å². The maximum atomic E-state index is 11.4. The Bertz CT molecular complexity index is 396. The van der Waals surface area contributed by atoms with E-state index in [1.807, 2.05) is 0 Å². The Hall–Kier alpha value is -0.390. The molecule has 2 rings (SSSR count). The number of halogens is 1. The van der Waals surface area contributed by atoms with E-state index < -0.39 is 0 Å².